The summed E-state index contributed by atoms with van der Waals surface area (Å²) in [5, 5.41) is 7.76. The predicted octanol–water partition coefficient (Wildman–Crippen LogP) is 2.60. The van der Waals surface area contributed by atoms with E-state index in [1.165, 1.54) is 11.3 Å². The van der Waals surface area contributed by atoms with Gasteiger partial charge in [0, 0.05) is 31.4 Å². The number of hydrogen-bond acceptors (Lipinski definition) is 6. The molecule has 5 rings (SSSR count). The summed E-state index contributed by atoms with van der Waals surface area (Å²) < 4.78 is 3.44. The monoisotopic (exact) mass is 406 g/mol. The van der Waals surface area contributed by atoms with Gasteiger partial charge in [-0.05, 0) is 31.0 Å². The lowest BCUT2D eigenvalue weighted by atomic mass is 10.2. The third-order valence-electron chi connectivity index (χ3n) is 5.05. The fraction of sp³-hybridized carbons (Fsp3) is 0.250. The van der Waals surface area contributed by atoms with Gasteiger partial charge in [-0.15, -0.1) is 11.3 Å². The van der Waals surface area contributed by atoms with Crippen molar-refractivity contribution in [3.8, 4) is 0 Å². The SMILES string of the molecule is Cc1c(C(=O)Nc2ccn(Cc3ccccn3)n2)sc2nc3n(c(=O)c12)CCC3. The first-order valence-corrected chi connectivity index (χ1v) is 10.2. The molecule has 0 aromatic carbocycles. The van der Waals surface area contributed by atoms with Crippen LogP contribution in [0.4, 0.5) is 5.82 Å². The lowest BCUT2D eigenvalue weighted by molar-refractivity contribution is 0.102. The largest absolute Gasteiger partial charge is 0.304 e. The number of pyridine rings is 1. The van der Waals surface area contributed by atoms with Gasteiger partial charge < -0.3 is 5.32 Å². The van der Waals surface area contributed by atoms with Gasteiger partial charge in [-0.25, -0.2) is 4.98 Å². The van der Waals surface area contributed by atoms with Crippen LogP contribution in [0.25, 0.3) is 10.2 Å². The van der Waals surface area contributed by atoms with Crippen molar-refractivity contribution in [2.24, 2.45) is 0 Å². The minimum atomic E-state index is -0.279. The van der Waals surface area contributed by atoms with Crippen LogP contribution >= 0.6 is 11.3 Å². The number of thiophene rings is 1. The lowest BCUT2D eigenvalue weighted by Crippen LogP contribution is -2.20. The topological polar surface area (TPSA) is 94.7 Å². The number of carbonyl (C=O) groups is 1. The van der Waals surface area contributed by atoms with Crippen LogP contribution in [-0.2, 0) is 19.5 Å². The van der Waals surface area contributed by atoms with Gasteiger partial charge >= 0.3 is 0 Å². The highest BCUT2D eigenvalue weighted by atomic mass is 32.1. The maximum absolute atomic E-state index is 12.8. The molecule has 0 saturated heterocycles. The average molecular weight is 406 g/mol. The third-order valence-corrected chi connectivity index (χ3v) is 6.23. The lowest BCUT2D eigenvalue weighted by Gasteiger charge is -2.03. The Hall–Kier alpha value is -3.33. The smallest absolute Gasteiger partial charge is 0.267 e. The summed E-state index contributed by atoms with van der Waals surface area (Å²) in [4.78, 5) is 35.6. The van der Waals surface area contributed by atoms with Crippen molar-refractivity contribution in [1.82, 2.24) is 24.3 Å². The van der Waals surface area contributed by atoms with E-state index in [0.717, 1.165) is 24.4 Å². The van der Waals surface area contributed by atoms with E-state index >= 15 is 0 Å². The minimum Gasteiger partial charge on any atom is -0.304 e. The molecule has 0 aliphatic carbocycles. The zero-order valence-electron chi connectivity index (χ0n) is 15.8. The first kappa shape index (κ1) is 17.7. The predicted molar refractivity (Wildman–Crippen MR) is 110 cm³/mol. The Labute approximate surface area is 169 Å². The Morgan fingerprint density at radius 1 is 1.31 bits per heavy atom. The van der Waals surface area contributed by atoms with Gasteiger partial charge in [0.15, 0.2) is 5.82 Å². The zero-order chi connectivity index (χ0) is 20.0. The summed E-state index contributed by atoms with van der Waals surface area (Å²) in [7, 11) is 0. The van der Waals surface area contributed by atoms with Crippen LogP contribution < -0.4 is 10.9 Å². The quantitative estimate of drug-likeness (QED) is 0.562. The highest BCUT2D eigenvalue weighted by Crippen LogP contribution is 2.29. The first-order chi connectivity index (χ1) is 14.1. The van der Waals surface area contributed by atoms with Gasteiger partial charge in [0.05, 0.1) is 22.5 Å². The van der Waals surface area contributed by atoms with Crippen molar-refractivity contribution < 1.29 is 4.79 Å². The molecule has 0 unspecified atom stereocenters. The number of aromatic nitrogens is 5. The average Bonchev–Trinajstić information content (AvgIpc) is 3.43. The summed E-state index contributed by atoms with van der Waals surface area (Å²) in [5.41, 5.74) is 1.51. The van der Waals surface area contributed by atoms with Crippen molar-refractivity contribution in [2.75, 3.05) is 5.32 Å². The molecule has 4 aromatic rings. The number of anilines is 1. The van der Waals surface area contributed by atoms with E-state index in [4.69, 9.17) is 0 Å². The molecule has 0 atom stereocenters. The summed E-state index contributed by atoms with van der Waals surface area (Å²) >= 11 is 1.26. The number of aryl methyl sites for hydroxylation is 2. The Morgan fingerprint density at radius 2 is 2.21 bits per heavy atom. The maximum atomic E-state index is 12.8. The Bertz CT molecular complexity index is 1290. The van der Waals surface area contributed by atoms with Crippen LogP contribution in [0.15, 0.2) is 41.5 Å². The van der Waals surface area contributed by atoms with Crippen molar-refractivity contribution in [3.63, 3.8) is 0 Å². The Kier molecular flexibility index (Phi) is 4.24. The van der Waals surface area contributed by atoms with Crippen LogP contribution in [0.3, 0.4) is 0 Å². The number of rotatable bonds is 4. The molecule has 0 bridgehead atoms. The molecule has 0 radical (unpaired) electrons. The van der Waals surface area contributed by atoms with Crippen LogP contribution in [0.5, 0.6) is 0 Å². The molecule has 4 aromatic heterocycles. The molecule has 0 saturated carbocycles. The van der Waals surface area contributed by atoms with Gasteiger partial charge in [-0.1, -0.05) is 6.07 Å². The molecule has 1 aliphatic heterocycles. The summed E-state index contributed by atoms with van der Waals surface area (Å²) in [6, 6.07) is 7.45. The molecule has 1 N–H and O–H groups in total. The van der Waals surface area contributed by atoms with Crippen molar-refractivity contribution >= 4 is 33.3 Å². The van der Waals surface area contributed by atoms with Gasteiger partial charge in [0.2, 0.25) is 0 Å². The number of amides is 1. The molecule has 1 amide bonds. The maximum Gasteiger partial charge on any atom is 0.267 e. The highest BCUT2D eigenvalue weighted by Gasteiger charge is 2.23. The number of fused-ring (bicyclic) bond motifs is 2. The van der Waals surface area contributed by atoms with E-state index < -0.39 is 0 Å². The Morgan fingerprint density at radius 3 is 3.03 bits per heavy atom. The number of carbonyl (C=O) groups excluding carboxylic acids is 1. The fourth-order valence-electron chi connectivity index (χ4n) is 3.64. The minimum absolute atomic E-state index is 0.0464. The molecule has 8 nitrogen and oxygen atoms in total. The van der Waals surface area contributed by atoms with Gasteiger partial charge in [0.25, 0.3) is 11.5 Å². The third kappa shape index (κ3) is 3.13. The van der Waals surface area contributed by atoms with Gasteiger partial charge in [0.1, 0.15) is 10.7 Å². The van der Waals surface area contributed by atoms with E-state index in [0.29, 0.717) is 39.6 Å². The highest BCUT2D eigenvalue weighted by molar-refractivity contribution is 7.20. The second-order valence-corrected chi connectivity index (χ2v) is 8.00. The van der Waals surface area contributed by atoms with E-state index in [1.807, 2.05) is 18.2 Å². The van der Waals surface area contributed by atoms with Crippen LogP contribution in [-0.4, -0.2) is 30.2 Å². The number of nitrogens with one attached hydrogen (secondary N) is 1. The molecular weight excluding hydrogens is 388 g/mol. The van der Waals surface area contributed by atoms with Crippen molar-refractivity contribution in [1.29, 1.82) is 0 Å². The van der Waals surface area contributed by atoms with Crippen molar-refractivity contribution in [3.05, 3.63) is 69.0 Å². The standard InChI is InChI=1S/C20H18N6O2S/c1-12-16-19(23-15-6-4-9-26(15)20(16)28)29-17(12)18(27)22-14-7-10-25(24-14)11-13-5-2-3-8-21-13/h2-3,5,7-8,10H,4,6,9,11H2,1H3,(H,22,24,27). The number of hydrogen-bond donors (Lipinski definition) is 1. The van der Waals surface area contributed by atoms with Gasteiger partial charge in [-0.3, -0.25) is 23.8 Å². The normalized spacial score (nSPS) is 13.0. The second-order valence-electron chi connectivity index (χ2n) is 7.00. The van der Waals surface area contributed by atoms with Crippen molar-refractivity contribution in [2.45, 2.75) is 32.9 Å². The molecule has 29 heavy (non-hydrogen) atoms. The molecule has 9 heteroatoms. The van der Waals surface area contributed by atoms with Crippen LogP contribution in [0.1, 0.15) is 33.2 Å². The van der Waals surface area contributed by atoms with E-state index in [2.05, 4.69) is 20.4 Å². The molecular formula is C20H18N6O2S. The summed E-state index contributed by atoms with van der Waals surface area (Å²) in [5.74, 6) is 0.983. The van der Waals surface area contributed by atoms with E-state index in [1.54, 1.807) is 34.6 Å². The van der Waals surface area contributed by atoms with Gasteiger partial charge in [-0.2, -0.15) is 5.10 Å². The first-order valence-electron chi connectivity index (χ1n) is 9.37. The summed E-state index contributed by atoms with van der Waals surface area (Å²) in [6.45, 7) is 3.02. The molecule has 0 spiro atoms. The van der Waals surface area contributed by atoms with E-state index in [-0.39, 0.29) is 11.5 Å². The van der Waals surface area contributed by atoms with Crippen LogP contribution in [0, 0.1) is 6.92 Å². The molecule has 5 heterocycles. The van der Waals surface area contributed by atoms with E-state index in [9.17, 15) is 9.59 Å². The molecule has 0 fully saturated rings. The zero-order valence-corrected chi connectivity index (χ0v) is 16.6. The fourth-order valence-corrected chi connectivity index (χ4v) is 4.72. The molecule has 1 aliphatic rings. The van der Waals surface area contributed by atoms with Crippen LogP contribution in [0.2, 0.25) is 0 Å². The molecule has 146 valence electrons. The Balaban J connectivity index is 1.40. The summed E-state index contributed by atoms with van der Waals surface area (Å²) in [6.07, 6.45) is 5.27. The second kappa shape index (κ2) is 6.93. The number of nitrogens with zero attached hydrogens (tertiary/aromatic N) is 5.